The molecule has 1 N–H and O–H groups in total. The summed E-state index contributed by atoms with van der Waals surface area (Å²) in [6.45, 7) is 1.79. The van der Waals surface area contributed by atoms with Gasteiger partial charge in [0.25, 0.3) is 0 Å². The lowest BCUT2D eigenvalue weighted by Crippen LogP contribution is -1.96. The summed E-state index contributed by atoms with van der Waals surface area (Å²) in [6, 6.07) is 2.91. The molecule has 0 amide bonds. The molecule has 6 nitrogen and oxygen atoms in total. The minimum atomic E-state index is -1.18. The average molecular weight is 298 g/mol. The van der Waals surface area contributed by atoms with Gasteiger partial charge in [0.2, 0.25) is 0 Å². The summed E-state index contributed by atoms with van der Waals surface area (Å²) in [5.41, 5.74) is 0.991. The third kappa shape index (κ3) is 2.30. The molecule has 0 aliphatic rings. The van der Waals surface area contributed by atoms with Crippen molar-refractivity contribution in [1.29, 1.82) is 0 Å². The highest BCUT2D eigenvalue weighted by molar-refractivity contribution is 6.32. The Labute approximate surface area is 119 Å². The summed E-state index contributed by atoms with van der Waals surface area (Å²) in [4.78, 5) is 10.8. The Bertz CT molecular complexity index is 665. The van der Waals surface area contributed by atoms with Crippen molar-refractivity contribution in [2.24, 2.45) is 0 Å². The first kappa shape index (κ1) is 14.2. The van der Waals surface area contributed by atoms with Crippen LogP contribution in [0.4, 0.5) is 0 Å². The van der Waals surface area contributed by atoms with E-state index in [9.17, 15) is 4.79 Å². The van der Waals surface area contributed by atoms with E-state index in [-0.39, 0.29) is 11.5 Å². The third-order valence-corrected chi connectivity index (χ3v) is 3.22. The molecule has 0 saturated heterocycles. The maximum absolute atomic E-state index is 10.8. The molecule has 1 aromatic carbocycles. The van der Waals surface area contributed by atoms with Gasteiger partial charge in [-0.3, -0.25) is 0 Å². The van der Waals surface area contributed by atoms with Crippen LogP contribution in [0.1, 0.15) is 16.1 Å². The molecule has 0 saturated carbocycles. The second-order valence-corrected chi connectivity index (χ2v) is 4.39. The number of carboxylic acids is 1. The van der Waals surface area contributed by atoms with Crippen LogP contribution in [-0.4, -0.2) is 30.5 Å². The van der Waals surface area contributed by atoms with Crippen molar-refractivity contribution >= 4 is 17.6 Å². The van der Waals surface area contributed by atoms with E-state index < -0.39 is 5.97 Å². The Kier molecular flexibility index (Phi) is 3.85. The molecular weight excluding hydrogens is 286 g/mol. The molecule has 0 aliphatic heterocycles. The van der Waals surface area contributed by atoms with Crippen LogP contribution in [0.2, 0.25) is 5.02 Å². The van der Waals surface area contributed by atoms with Gasteiger partial charge in [0.1, 0.15) is 0 Å². The predicted octanol–water partition coefficient (Wildman–Crippen LogP) is 3.02. The van der Waals surface area contributed by atoms with Gasteiger partial charge in [0.05, 0.1) is 19.8 Å². The fourth-order valence-electron chi connectivity index (χ4n) is 1.84. The minimum Gasteiger partial charge on any atom is -0.493 e. The molecule has 0 radical (unpaired) electrons. The lowest BCUT2D eigenvalue weighted by molar-refractivity contribution is 0.0686. The van der Waals surface area contributed by atoms with Crippen LogP contribution in [0.5, 0.6) is 11.5 Å². The normalized spacial score (nSPS) is 10.4. The second kappa shape index (κ2) is 5.42. The van der Waals surface area contributed by atoms with Crippen molar-refractivity contribution in [2.45, 2.75) is 6.92 Å². The number of aromatic carboxylic acids is 1. The van der Waals surface area contributed by atoms with Gasteiger partial charge in [-0.25, -0.2) is 4.79 Å². The van der Waals surface area contributed by atoms with Crippen molar-refractivity contribution < 1.29 is 23.9 Å². The number of hydrogen-bond acceptors (Lipinski definition) is 5. The lowest BCUT2D eigenvalue weighted by Gasteiger charge is -2.14. The molecule has 0 atom stereocenters. The first-order chi connectivity index (χ1) is 9.49. The van der Waals surface area contributed by atoms with Crippen molar-refractivity contribution in [3.8, 4) is 22.8 Å². The van der Waals surface area contributed by atoms with Gasteiger partial charge in [0, 0.05) is 16.7 Å². The molecule has 1 heterocycles. The number of hydrogen-bond donors (Lipinski definition) is 1. The third-order valence-electron chi connectivity index (χ3n) is 2.82. The summed E-state index contributed by atoms with van der Waals surface area (Å²) in [6.07, 6.45) is 0. The van der Waals surface area contributed by atoms with E-state index in [2.05, 4.69) is 5.16 Å². The number of nitrogens with zero attached hydrogens (tertiary/aromatic N) is 1. The first-order valence-corrected chi connectivity index (χ1v) is 5.98. The second-order valence-electron chi connectivity index (χ2n) is 3.98. The molecule has 1 aromatic heterocycles. The van der Waals surface area contributed by atoms with Crippen LogP contribution in [0.15, 0.2) is 16.7 Å². The van der Waals surface area contributed by atoms with Crippen LogP contribution in [0, 0.1) is 6.92 Å². The standard InChI is InChI=1S/C13H12ClNO5/c1-6-8(14)4-7(12(19-3)11(6)18-2)10-5-9(13(16)17)15-20-10/h4-5H,1-3H3,(H,16,17). The molecule has 2 aromatic rings. The topological polar surface area (TPSA) is 81.8 Å². The Balaban J connectivity index is 2.66. The zero-order valence-corrected chi connectivity index (χ0v) is 11.8. The Morgan fingerprint density at radius 3 is 2.45 bits per heavy atom. The van der Waals surface area contributed by atoms with Crippen molar-refractivity contribution in [3.05, 3.63) is 28.4 Å². The van der Waals surface area contributed by atoms with Gasteiger partial charge in [0.15, 0.2) is 23.0 Å². The number of halogens is 1. The number of methoxy groups -OCH3 is 2. The zero-order valence-electron chi connectivity index (χ0n) is 11.1. The van der Waals surface area contributed by atoms with Gasteiger partial charge in [-0.15, -0.1) is 0 Å². The number of benzene rings is 1. The highest BCUT2D eigenvalue weighted by Crippen LogP contribution is 2.43. The van der Waals surface area contributed by atoms with Crippen LogP contribution in [0.25, 0.3) is 11.3 Å². The zero-order chi connectivity index (χ0) is 14.9. The average Bonchev–Trinajstić information content (AvgIpc) is 2.90. The van der Waals surface area contributed by atoms with Crippen LogP contribution in [0.3, 0.4) is 0 Å². The molecule has 106 valence electrons. The quantitative estimate of drug-likeness (QED) is 0.934. The number of ether oxygens (including phenoxy) is 2. The van der Waals surface area contributed by atoms with E-state index >= 15 is 0 Å². The molecule has 0 bridgehead atoms. The maximum Gasteiger partial charge on any atom is 0.358 e. The minimum absolute atomic E-state index is 0.197. The van der Waals surface area contributed by atoms with Crippen molar-refractivity contribution in [3.63, 3.8) is 0 Å². The van der Waals surface area contributed by atoms with Crippen molar-refractivity contribution in [1.82, 2.24) is 5.16 Å². The first-order valence-electron chi connectivity index (χ1n) is 5.61. The smallest absolute Gasteiger partial charge is 0.358 e. The Hall–Kier alpha value is -2.21. The van der Waals surface area contributed by atoms with Gasteiger partial charge in [-0.2, -0.15) is 0 Å². The molecular formula is C13H12ClNO5. The lowest BCUT2D eigenvalue weighted by atomic mass is 10.1. The summed E-state index contributed by atoms with van der Waals surface area (Å²) in [5, 5.41) is 12.8. The summed E-state index contributed by atoms with van der Waals surface area (Å²) in [5.74, 6) is -0.0747. The summed E-state index contributed by atoms with van der Waals surface area (Å²) in [7, 11) is 2.97. The van der Waals surface area contributed by atoms with E-state index in [1.165, 1.54) is 20.3 Å². The molecule has 0 spiro atoms. The predicted molar refractivity (Wildman–Crippen MR) is 71.7 cm³/mol. The van der Waals surface area contributed by atoms with Crippen LogP contribution < -0.4 is 9.47 Å². The molecule has 0 aliphatic carbocycles. The maximum atomic E-state index is 10.8. The summed E-state index contributed by atoms with van der Waals surface area (Å²) < 4.78 is 15.6. The van der Waals surface area contributed by atoms with Crippen LogP contribution >= 0.6 is 11.6 Å². The van der Waals surface area contributed by atoms with Gasteiger partial charge in [-0.1, -0.05) is 16.8 Å². The highest BCUT2D eigenvalue weighted by Gasteiger charge is 2.21. The van der Waals surface area contributed by atoms with Crippen LogP contribution in [-0.2, 0) is 0 Å². The van der Waals surface area contributed by atoms with Gasteiger partial charge < -0.3 is 19.1 Å². The summed E-state index contributed by atoms with van der Waals surface area (Å²) >= 11 is 6.13. The van der Waals surface area contributed by atoms with E-state index in [0.29, 0.717) is 27.6 Å². The fourth-order valence-corrected chi connectivity index (χ4v) is 2.03. The Morgan fingerprint density at radius 2 is 1.95 bits per heavy atom. The molecule has 7 heteroatoms. The number of aromatic nitrogens is 1. The number of rotatable bonds is 4. The van der Waals surface area contributed by atoms with E-state index in [1.807, 2.05) is 0 Å². The fraction of sp³-hybridized carbons (Fsp3) is 0.231. The van der Waals surface area contributed by atoms with E-state index in [0.717, 1.165) is 0 Å². The molecule has 0 fully saturated rings. The van der Waals surface area contributed by atoms with Gasteiger partial charge >= 0.3 is 5.97 Å². The molecule has 2 rings (SSSR count). The SMILES string of the molecule is COc1c(-c2cc(C(=O)O)no2)cc(Cl)c(C)c1OC. The number of carbonyl (C=O) groups is 1. The van der Waals surface area contributed by atoms with E-state index in [1.54, 1.807) is 13.0 Å². The number of carboxylic acid groups (broad SMARTS) is 1. The monoisotopic (exact) mass is 297 g/mol. The Morgan fingerprint density at radius 1 is 1.30 bits per heavy atom. The molecule has 20 heavy (non-hydrogen) atoms. The van der Waals surface area contributed by atoms with Gasteiger partial charge in [-0.05, 0) is 13.0 Å². The van der Waals surface area contributed by atoms with E-state index in [4.69, 9.17) is 30.7 Å². The largest absolute Gasteiger partial charge is 0.493 e. The molecule has 0 unspecified atom stereocenters. The highest BCUT2D eigenvalue weighted by atomic mass is 35.5. The van der Waals surface area contributed by atoms with Crippen molar-refractivity contribution in [2.75, 3.05) is 14.2 Å².